The van der Waals surface area contributed by atoms with Gasteiger partial charge >= 0.3 is 11.9 Å². The zero-order chi connectivity index (χ0) is 12.4. The zero-order valence-electron chi connectivity index (χ0n) is 8.68. The van der Waals surface area contributed by atoms with Gasteiger partial charge in [-0.05, 0) is 12.1 Å². The number of aliphatic carboxylic acids is 2. The van der Waals surface area contributed by atoms with Gasteiger partial charge in [0.1, 0.15) is 0 Å². The second-order valence-electron chi connectivity index (χ2n) is 3.47. The van der Waals surface area contributed by atoms with Crippen LogP contribution in [0.5, 0.6) is 0 Å². The molecule has 1 heterocycles. The molecule has 17 heavy (non-hydrogen) atoms. The largest absolute Gasteiger partial charge is 0.478 e. The van der Waals surface area contributed by atoms with E-state index in [1.54, 1.807) is 12.1 Å². The third kappa shape index (κ3) is 2.17. The molecule has 0 atom stereocenters. The van der Waals surface area contributed by atoms with Crippen LogP contribution in [-0.2, 0) is 9.59 Å². The lowest BCUT2D eigenvalue weighted by atomic mass is 10.1. The minimum absolute atomic E-state index is 0.270. The number of hydrogen-bond acceptors (Lipinski definition) is 2. The van der Waals surface area contributed by atoms with Crippen LogP contribution in [0.25, 0.3) is 16.5 Å². The first-order chi connectivity index (χ1) is 8.08. The average Bonchev–Trinajstić information content (AvgIpc) is 2.68. The first-order valence-corrected chi connectivity index (χ1v) is 4.84. The van der Waals surface area contributed by atoms with Crippen LogP contribution in [0.2, 0.25) is 0 Å². The van der Waals surface area contributed by atoms with Gasteiger partial charge < -0.3 is 15.2 Å². The predicted molar refractivity (Wildman–Crippen MR) is 61.5 cm³/mol. The van der Waals surface area contributed by atoms with Crippen LogP contribution < -0.4 is 0 Å². The summed E-state index contributed by atoms with van der Waals surface area (Å²) in [6, 6.07) is 8.85. The summed E-state index contributed by atoms with van der Waals surface area (Å²) in [7, 11) is 0. The number of fused-ring (bicyclic) bond motifs is 1. The Morgan fingerprint density at radius 1 is 1.18 bits per heavy atom. The SMILES string of the molecule is O=C(O)/C=C(/C(=O)O)c1cc2ccccc2[nH]1. The quantitative estimate of drug-likeness (QED) is 0.701. The van der Waals surface area contributed by atoms with Crippen molar-refractivity contribution >= 4 is 28.4 Å². The molecule has 0 aliphatic heterocycles. The first kappa shape index (κ1) is 10.9. The van der Waals surface area contributed by atoms with Crippen molar-refractivity contribution in [1.82, 2.24) is 4.98 Å². The molecule has 3 N–H and O–H groups in total. The maximum atomic E-state index is 11.0. The molecule has 0 aliphatic carbocycles. The van der Waals surface area contributed by atoms with E-state index in [1.165, 1.54) is 0 Å². The van der Waals surface area contributed by atoms with E-state index in [9.17, 15) is 9.59 Å². The molecule has 0 unspecified atom stereocenters. The molecule has 0 fully saturated rings. The highest BCUT2D eigenvalue weighted by Crippen LogP contribution is 2.20. The monoisotopic (exact) mass is 231 g/mol. The van der Waals surface area contributed by atoms with Crippen LogP contribution in [0.15, 0.2) is 36.4 Å². The third-order valence-corrected chi connectivity index (χ3v) is 2.32. The van der Waals surface area contributed by atoms with Crippen molar-refractivity contribution in [2.75, 3.05) is 0 Å². The average molecular weight is 231 g/mol. The van der Waals surface area contributed by atoms with Crippen molar-refractivity contribution in [1.29, 1.82) is 0 Å². The van der Waals surface area contributed by atoms with Gasteiger partial charge in [0.15, 0.2) is 0 Å². The molecule has 0 bridgehead atoms. The van der Waals surface area contributed by atoms with Crippen LogP contribution in [-0.4, -0.2) is 27.1 Å². The summed E-state index contributed by atoms with van der Waals surface area (Å²) in [5.41, 5.74) is 0.773. The smallest absolute Gasteiger partial charge is 0.338 e. The number of aromatic nitrogens is 1. The molecule has 86 valence electrons. The van der Waals surface area contributed by atoms with Crippen LogP contribution in [0.1, 0.15) is 5.69 Å². The van der Waals surface area contributed by atoms with Gasteiger partial charge in [-0.25, -0.2) is 9.59 Å². The molecule has 0 aliphatic rings. The van der Waals surface area contributed by atoms with E-state index >= 15 is 0 Å². The van der Waals surface area contributed by atoms with E-state index in [0.717, 1.165) is 10.9 Å². The van der Waals surface area contributed by atoms with Crippen molar-refractivity contribution in [2.45, 2.75) is 0 Å². The minimum Gasteiger partial charge on any atom is -0.478 e. The Labute approximate surface area is 96.0 Å². The number of para-hydroxylation sites is 1. The highest BCUT2D eigenvalue weighted by molar-refractivity contribution is 6.19. The molecule has 0 saturated heterocycles. The standard InChI is InChI=1S/C12H9NO4/c14-11(15)6-8(12(16)17)10-5-7-3-1-2-4-9(7)13-10/h1-6,13H,(H,14,15)(H,16,17)/b8-6+. The normalized spacial score (nSPS) is 11.6. The number of aromatic amines is 1. The van der Waals surface area contributed by atoms with Crippen LogP contribution in [0, 0.1) is 0 Å². The fourth-order valence-corrected chi connectivity index (χ4v) is 1.60. The number of nitrogens with one attached hydrogen (secondary N) is 1. The molecular weight excluding hydrogens is 222 g/mol. The lowest BCUT2D eigenvalue weighted by Crippen LogP contribution is -2.03. The Morgan fingerprint density at radius 2 is 1.88 bits per heavy atom. The van der Waals surface area contributed by atoms with E-state index in [1.807, 2.05) is 18.2 Å². The van der Waals surface area contributed by atoms with Gasteiger partial charge in [0, 0.05) is 17.0 Å². The third-order valence-electron chi connectivity index (χ3n) is 2.32. The molecule has 0 saturated carbocycles. The summed E-state index contributed by atoms with van der Waals surface area (Å²) in [5, 5.41) is 18.4. The summed E-state index contributed by atoms with van der Waals surface area (Å²) in [4.78, 5) is 24.4. The van der Waals surface area contributed by atoms with Gasteiger partial charge in [-0.2, -0.15) is 0 Å². The van der Waals surface area contributed by atoms with Crippen molar-refractivity contribution in [2.24, 2.45) is 0 Å². The fraction of sp³-hybridized carbons (Fsp3) is 0. The predicted octanol–water partition coefficient (Wildman–Crippen LogP) is 1.72. The van der Waals surface area contributed by atoms with E-state index in [2.05, 4.69) is 4.98 Å². The minimum atomic E-state index is -1.29. The van der Waals surface area contributed by atoms with E-state index in [4.69, 9.17) is 10.2 Å². The van der Waals surface area contributed by atoms with Crippen LogP contribution in [0.4, 0.5) is 0 Å². The van der Waals surface area contributed by atoms with Crippen LogP contribution in [0.3, 0.4) is 0 Å². The number of hydrogen-bond donors (Lipinski definition) is 3. The zero-order valence-corrected chi connectivity index (χ0v) is 8.68. The fourth-order valence-electron chi connectivity index (χ4n) is 1.60. The number of benzene rings is 1. The van der Waals surface area contributed by atoms with Gasteiger partial charge in [0.2, 0.25) is 0 Å². The Kier molecular flexibility index (Phi) is 2.66. The highest BCUT2D eigenvalue weighted by atomic mass is 16.4. The van der Waals surface area contributed by atoms with Gasteiger partial charge in [-0.1, -0.05) is 18.2 Å². The van der Waals surface area contributed by atoms with Crippen molar-refractivity contribution in [3.05, 3.63) is 42.1 Å². The van der Waals surface area contributed by atoms with Crippen molar-refractivity contribution < 1.29 is 19.8 Å². The van der Waals surface area contributed by atoms with E-state index < -0.39 is 11.9 Å². The van der Waals surface area contributed by atoms with Crippen molar-refractivity contribution in [3.8, 4) is 0 Å². The van der Waals surface area contributed by atoms with Gasteiger partial charge in [0.25, 0.3) is 0 Å². The van der Waals surface area contributed by atoms with E-state index in [0.29, 0.717) is 6.08 Å². The first-order valence-electron chi connectivity index (χ1n) is 4.84. The molecule has 5 heteroatoms. The maximum absolute atomic E-state index is 11.0. The Hall–Kier alpha value is -2.56. The number of carbonyl (C=O) groups is 2. The maximum Gasteiger partial charge on any atom is 0.338 e. The lowest BCUT2D eigenvalue weighted by molar-refractivity contribution is -0.133. The summed E-state index contributed by atoms with van der Waals surface area (Å²) >= 11 is 0. The molecule has 2 rings (SSSR count). The summed E-state index contributed by atoms with van der Waals surface area (Å²) < 4.78 is 0. The van der Waals surface area contributed by atoms with Gasteiger partial charge in [0.05, 0.1) is 11.3 Å². The van der Waals surface area contributed by atoms with Gasteiger partial charge in [-0.3, -0.25) is 0 Å². The number of rotatable bonds is 3. The number of carboxylic acids is 2. The Bertz CT molecular complexity index is 591. The molecule has 2 aromatic rings. The second kappa shape index (κ2) is 4.13. The van der Waals surface area contributed by atoms with Crippen LogP contribution >= 0.6 is 0 Å². The molecule has 1 aromatic carbocycles. The highest BCUT2D eigenvalue weighted by Gasteiger charge is 2.14. The molecular formula is C12H9NO4. The topological polar surface area (TPSA) is 90.4 Å². The molecule has 1 aromatic heterocycles. The molecule has 0 radical (unpaired) electrons. The molecule has 0 spiro atoms. The number of carboxylic acid groups (broad SMARTS) is 2. The Morgan fingerprint density at radius 3 is 2.47 bits per heavy atom. The molecule has 0 amide bonds. The van der Waals surface area contributed by atoms with Crippen molar-refractivity contribution in [3.63, 3.8) is 0 Å². The van der Waals surface area contributed by atoms with E-state index in [-0.39, 0.29) is 11.3 Å². The summed E-state index contributed by atoms with van der Waals surface area (Å²) in [6.45, 7) is 0. The Balaban J connectivity index is 2.57. The molecule has 5 nitrogen and oxygen atoms in total. The second-order valence-corrected chi connectivity index (χ2v) is 3.47. The number of H-pyrrole nitrogens is 1. The lowest BCUT2D eigenvalue weighted by Gasteiger charge is -1.96. The van der Waals surface area contributed by atoms with Gasteiger partial charge in [-0.15, -0.1) is 0 Å². The summed E-state index contributed by atoms with van der Waals surface area (Å²) in [5.74, 6) is -2.57. The summed E-state index contributed by atoms with van der Waals surface area (Å²) in [6.07, 6.45) is 0.674.